The zero-order valence-corrected chi connectivity index (χ0v) is 30.3. The molecule has 2 aliphatic carbocycles. The van der Waals surface area contributed by atoms with E-state index < -0.39 is 0 Å². The van der Waals surface area contributed by atoms with Crippen LogP contribution >= 0.6 is 58.8 Å². The molecule has 8 aromatic rings. The molecule has 0 aliphatic heterocycles. The quantitative estimate of drug-likeness (QED) is 0.0562. The standard InChI is InChI=1S/C17H15N7.C8H8ClN5.C5H2Cl2N4.HI/c1-2-10-8-12(5-6-13(10)18-7-1)22-17-23-15-14(19-9-20-15)16(24-17)21-11-3-4-11;9-8-13-6-5(10-3-11-6)7(14-8)12-4-1-2-4;6-3-2-4(9-1-8-2)11-5(7)10-3;/h1-2,5-9,11H,3-4H2,(H3,19,20,21,22,23,24);3-4H,1-2H2,(H2,10,11,12,13,14);1H,(H,8,9,10,11);1H. The molecule has 254 valence electrons. The van der Waals surface area contributed by atoms with Gasteiger partial charge in [0.05, 0.1) is 24.5 Å². The number of hydrogen-bond donors (Lipinski definition) is 6. The Balaban J connectivity index is 0.000000128. The van der Waals surface area contributed by atoms with E-state index in [-0.39, 0.29) is 39.7 Å². The van der Waals surface area contributed by atoms with Crippen molar-refractivity contribution < 1.29 is 0 Å². The number of aromatic nitrogens is 13. The highest BCUT2D eigenvalue weighted by molar-refractivity contribution is 14.0. The number of nitrogens with one attached hydrogen (secondary N) is 6. The highest BCUT2D eigenvalue weighted by Crippen LogP contribution is 2.29. The fraction of sp³-hybridized carbons (Fsp3) is 0.200. The molecule has 20 heteroatoms. The van der Waals surface area contributed by atoms with Gasteiger partial charge < -0.3 is 30.9 Å². The van der Waals surface area contributed by atoms with Crippen molar-refractivity contribution in [3.05, 3.63) is 71.2 Å². The first-order valence-electron chi connectivity index (χ1n) is 15.2. The highest BCUT2D eigenvalue weighted by atomic mass is 127. The monoisotopic (exact) mass is 842 g/mol. The maximum Gasteiger partial charge on any atom is 0.231 e. The number of fused-ring (bicyclic) bond motifs is 4. The van der Waals surface area contributed by atoms with E-state index in [4.69, 9.17) is 34.8 Å². The predicted octanol–water partition coefficient (Wildman–Crippen LogP) is 7.08. The maximum absolute atomic E-state index is 5.77. The zero-order chi connectivity index (χ0) is 33.3. The lowest BCUT2D eigenvalue weighted by Gasteiger charge is -2.09. The van der Waals surface area contributed by atoms with Gasteiger partial charge in [-0.1, -0.05) is 17.7 Å². The van der Waals surface area contributed by atoms with Crippen LogP contribution in [0.5, 0.6) is 0 Å². The third-order valence-corrected chi connectivity index (χ3v) is 8.07. The number of nitrogens with zero attached hydrogens (tertiary/aromatic N) is 10. The van der Waals surface area contributed by atoms with Crippen LogP contribution in [0.2, 0.25) is 15.7 Å². The molecule has 0 atom stereocenters. The van der Waals surface area contributed by atoms with Crippen molar-refractivity contribution in [3.8, 4) is 0 Å². The Labute approximate surface area is 314 Å². The number of anilines is 4. The molecule has 2 saturated carbocycles. The van der Waals surface area contributed by atoms with Crippen molar-refractivity contribution in [2.45, 2.75) is 37.8 Å². The third-order valence-electron chi connectivity index (χ3n) is 7.45. The molecule has 50 heavy (non-hydrogen) atoms. The zero-order valence-electron chi connectivity index (χ0n) is 25.7. The van der Waals surface area contributed by atoms with Gasteiger partial charge in [0.1, 0.15) is 16.6 Å². The van der Waals surface area contributed by atoms with Crippen molar-refractivity contribution in [2.24, 2.45) is 0 Å². The number of rotatable bonds is 6. The molecule has 7 aromatic heterocycles. The minimum atomic E-state index is 0. The van der Waals surface area contributed by atoms with E-state index in [1.807, 2.05) is 30.3 Å². The summed E-state index contributed by atoms with van der Waals surface area (Å²) in [6, 6.07) is 11.0. The normalized spacial score (nSPS) is 13.7. The summed E-state index contributed by atoms with van der Waals surface area (Å²) < 4.78 is 0. The van der Waals surface area contributed by atoms with Crippen molar-refractivity contribution in [1.82, 2.24) is 64.8 Å². The number of H-pyrrole nitrogens is 3. The van der Waals surface area contributed by atoms with Gasteiger partial charge in [0, 0.05) is 29.4 Å². The number of pyridine rings is 1. The van der Waals surface area contributed by atoms with Crippen LogP contribution in [-0.4, -0.2) is 76.9 Å². The predicted molar refractivity (Wildman–Crippen MR) is 204 cm³/mol. The Morgan fingerprint density at radius 3 is 1.86 bits per heavy atom. The molecule has 6 N–H and O–H groups in total. The molecule has 10 rings (SSSR count). The van der Waals surface area contributed by atoms with Gasteiger partial charge in [0.2, 0.25) is 16.5 Å². The topological polar surface area (TPSA) is 212 Å². The van der Waals surface area contributed by atoms with Gasteiger partial charge in [-0.25, -0.2) is 19.9 Å². The fourth-order valence-corrected chi connectivity index (χ4v) is 5.39. The van der Waals surface area contributed by atoms with Gasteiger partial charge >= 0.3 is 0 Å². The van der Waals surface area contributed by atoms with Gasteiger partial charge in [-0.05, 0) is 73.2 Å². The first kappa shape index (κ1) is 33.8. The summed E-state index contributed by atoms with van der Waals surface area (Å²) in [5.41, 5.74) is 5.89. The summed E-state index contributed by atoms with van der Waals surface area (Å²) in [5, 5.41) is 11.7. The molecular weight excluding hydrogens is 818 g/mol. The van der Waals surface area contributed by atoms with E-state index in [9.17, 15) is 0 Å². The third kappa shape index (κ3) is 7.85. The van der Waals surface area contributed by atoms with E-state index in [0.29, 0.717) is 40.5 Å². The molecule has 0 saturated heterocycles. The first-order chi connectivity index (χ1) is 23.9. The summed E-state index contributed by atoms with van der Waals surface area (Å²) in [7, 11) is 0. The van der Waals surface area contributed by atoms with Crippen LogP contribution in [0.25, 0.3) is 44.4 Å². The van der Waals surface area contributed by atoms with Gasteiger partial charge in [-0.3, -0.25) is 4.98 Å². The molecule has 7 heterocycles. The number of imidazole rings is 3. The van der Waals surface area contributed by atoms with Crippen molar-refractivity contribution >= 4 is 126 Å². The first-order valence-corrected chi connectivity index (χ1v) is 16.3. The average Bonchev–Trinajstić information content (AvgIpc) is 3.90. The number of halogens is 4. The Bertz CT molecular complexity index is 2420. The average molecular weight is 844 g/mol. The van der Waals surface area contributed by atoms with Crippen LogP contribution in [0.1, 0.15) is 25.7 Å². The van der Waals surface area contributed by atoms with Gasteiger partial charge in [-0.2, -0.15) is 24.9 Å². The Hall–Kier alpha value is -4.72. The molecule has 0 bridgehead atoms. The number of aromatic amines is 3. The molecule has 0 radical (unpaired) electrons. The highest BCUT2D eigenvalue weighted by Gasteiger charge is 2.24. The lowest BCUT2D eigenvalue weighted by molar-refractivity contribution is 1.10. The largest absolute Gasteiger partial charge is 0.365 e. The van der Waals surface area contributed by atoms with Crippen LogP contribution in [0, 0.1) is 0 Å². The van der Waals surface area contributed by atoms with E-state index in [1.165, 1.54) is 32.0 Å². The van der Waals surface area contributed by atoms with Crippen LogP contribution in [-0.2, 0) is 0 Å². The van der Waals surface area contributed by atoms with Gasteiger partial charge in [-0.15, -0.1) is 24.0 Å². The van der Waals surface area contributed by atoms with Crippen LogP contribution in [0.3, 0.4) is 0 Å². The second kappa shape index (κ2) is 14.6. The van der Waals surface area contributed by atoms with Gasteiger partial charge in [0.25, 0.3) is 0 Å². The summed E-state index contributed by atoms with van der Waals surface area (Å²) in [4.78, 5) is 50.1. The van der Waals surface area contributed by atoms with Crippen LogP contribution in [0.4, 0.5) is 23.3 Å². The summed E-state index contributed by atoms with van der Waals surface area (Å²) >= 11 is 17.0. The van der Waals surface area contributed by atoms with Crippen LogP contribution < -0.4 is 16.0 Å². The molecule has 16 nitrogen and oxygen atoms in total. The lowest BCUT2D eigenvalue weighted by atomic mass is 10.2. The molecule has 2 fully saturated rings. The molecule has 1 aromatic carbocycles. The van der Waals surface area contributed by atoms with E-state index in [2.05, 4.69) is 80.7 Å². The minimum Gasteiger partial charge on any atom is -0.365 e. The van der Waals surface area contributed by atoms with E-state index in [1.54, 1.807) is 18.9 Å². The Morgan fingerprint density at radius 2 is 1.20 bits per heavy atom. The second-order valence-electron chi connectivity index (χ2n) is 11.2. The summed E-state index contributed by atoms with van der Waals surface area (Å²) in [6.07, 6.45) is 11.3. The molecule has 2 aliphatic rings. The van der Waals surface area contributed by atoms with Crippen molar-refractivity contribution in [1.29, 1.82) is 0 Å². The van der Waals surface area contributed by atoms with E-state index in [0.717, 1.165) is 39.3 Å². The molecular formula is C30H26Cl3IN16. The van der Waals surface area contributed by atoms with Crippen LogP contribution in [0.15, 0.2) is 55.5 Å². The number of hydrogen-bond acceptors (Lipinski definition) is 13. The van der Waals surface area contributed by atoms with Crippen molar-refractivity contribution in [2.75, 3.05) is 16.0 Å². The second-order valence-corrected chi connectivity index (χ2v) is 12.2. The lowest BCUT2D eigenvalue weighted by Crippen LogP contribution is -2.07. The van der Waals surface area contributed by atoms with E-state index >= 15 is 0 Å². The molecule has 0 unspecified atom stereocenters. The Kier molecular flexibility index (Phi) is 9.88. The fourth-order valence-electron chi connectivity index (χ4n) is 4.80. The Morgan fingerprint density at radius 1 is 0.620 bits per heavy atom. The molecule has 0 amide bonds. The maximum atomic E-state index is 5.77. The minimum absolute atomic E-state index is 0. The van der Waals surface area contributed by atoms with Crippen molar-refractivity contribution in [3.63, 3.8) is 0 Å². The summed E-state index contributed by atoms with van der Waals surface area (Å²) in [5.74, 6) is 2.07. The SMILES string of the molecule is Clc1nc(Cl)c2[nH]cnc2n1.Clc1nc(NC2CC2)c2[nH]cnc2n1.I.c1cnc2ccc(Nc3nc(NC4CC4)c4[nH]cnc4n3)cc2c1. The molecule has 0 spiro atoms. The van der Waals surface area contributed by atoms with Gasteiger partial charge in [0.15, 0.2) is 33.7 Å². The number of benzene rings is 1. The smallest absolute Gasteiger partial charge is 0.231 e. The summed E-state index contributed by atoms with van der Waals surface area (Å²) in [6.45, 7) is 0.